The van der Waals surface area contributed by atoms with Gasteiger partial charge < -0.3 is 10.2 Å². The maximum atomic E-state index is 11.6. The van der Waals surface area contributed by atoms with Crippen LogP contribution in [0.3, 0.4) is 0 Å². The van der Waals surface area contributed by atoms with Crippen LogP contribution in [0, 0.1) is 0 Å². The summed E-state index contributed by atoms with van der Waals surface area (Å²) in [4.78, 5) is 15.2. The zero-order chi connectivity index (χ0) is 36.3. The molecular weight excluding hydrogens is 675 g/mol. The number of hydrogen-bond acceptors (Lipinski definition) is 6. The first-order valence-electron chi connectivity index (χ1n) is 18.8. The third-order valence-electron chi connectivity index (χ3n) is 10.5. The Kier molecular flexibility index (Phi) is 13.4. The van der Waals surface area contributed by atoms with Crippen LogP contribution in [-0.2, 0) is 46.1 Å². The van der Waals surface area contributed by atoms with Crippen LogP contribution in [0.5, 0.6) is 11.5 Å². The van der Waals surface area contributed by atoms with Gasteiger partial charge in [0.15, 0.2) is 0 Å². The molecule has 1 aliphatic carbocycles. The van der Waals surface area contributed by atoms with Crippen LogP contribution in [0.2, 0.25) is 0 Å². The Labute approximate surface area is 318 Å². The number of nitrogens with zero attached hydrogens (tertiary/aromatic N) is 4. The molecule has 2 atom stereocenters. The largest absolute Gasteiger partial charge is 0.507 e. The van der Waals surface area contributed by atoms with Gasteiger partial charge in [0.25, 0.3) is 0 Å². The van der Waals surface area contributed by atoms with Crippen molar-refractivity contribution in [3.05, 3.63) is 93.5 Å². The molecule has 7 heteroatoms. The van der Waals surface area contributed by atoms with Crippen molar-refractivity contribution in [2.75, 3.05) is 26.2 Å². The standard InChI is InChI=1S/C44H62N4O2.Co/c1-42(2,3)35-23-32(40(49)34(25-35)30-48-21-19-47(20-22-48)29-31-15-11-10-12-16-31)27-45-38-17-13-14-18-39(38)46-28-33-24-36(43(4,5)6)26-37(41(33)50)44(7,8)9;/h10-12,15-16,23-28,38-39,49-50H,13-14,17-22,29-30H2,1-9H3;/t38-,39-;/m0./s1. The Hall–Kier alpha value is -2.97. The Balaban J connectivity index is 0.00000583. The Morgan fingerprint density at radius 1 is 0.627 bits per heavy atom. The number of phenolic OH excluding ortho intramolecular Hbond substituents is 2. The molecule has 51 heavy (non-hydrogen) atoms. The minimum Gasteiger partial charge on any atom is -0.507 e. The molecule has 1 heterocycles. The van der Waals surface area contributed by atoms with E-state index in [1.807, 2.05) is 12.4 Å². The fraction of sp³-hybridized carbons (Fsp3) is 0.545. The number of aliphatic imine (C=N–C) groups is 2. The molecule has 2 N–H and O–H groups in total. The van der Waals surface area contributed by atoms with Gasteiger partial charge in [0.05, 0.1) is 12.1 Å². The van der Waals surface area contributed by atoms with Gasteiger partial charge in [-0.2, -0.15) is 0 Å². The van der Waals surface area contributed by atoms with Gasteiger partial charge in [0.1, 0.15) is 11.5 Å². The van der Waals surface area contributed by atoms with Crippen molar-refractivity contribution in [1.29, 1.82) is 0 Å². The van der Waals surface area contributed by atoms with Crippen LogP contribution in [-0.4, -0.2) is 70.7 Å². The van der Waals surface area contributed by atoms with E-state index in [-0.39, 0.29) is 45.1 Å². The molecule has 3 aromatic carbocycles. The molecule has 1 radical (unpaired) electrons. The van der Waals surface area contributed by atoms with E-state index in [1.165, 1.54) is 16.7 Å². The van der Waals surface area contributed by atoms with Gasteiger partial charge in [-0.05, 0) is 57.9 Å². The summed E-state index contributed by atoms with van der Waals surface area (Å²) in [5.41, 5.74) is 6.93. The smallest absolute Gasteiger partial charge is 0.128 e. The van der Waals surface area contributed by atoms with Crippen LogP contribution >= 0.6 is 0 Å². The van der Waals surface area contributed by atoms with Gasteiger partial charge in [0, 0.05) is 90.7 Å². The van der Waals surface area contributed by atoms with E-state index >= 15 is 0 Å². The molecule has 0 unspecified atom stereocenters. The molecule has 0 aromatic heterocycles. The van der Waals surface area contributed by atoms with Gasteiger partial charge in [-0.1, -0.05) is 118 Å². The van der Waals surface area contributed by atoms with Gasteiger partial charge >= 0.3 is 0 Å². The maximum absolute atomic E-state index is 11.6. The molecule has 279 valence electrons. The van der Waals surface area contributed by atoms with Gasteiger partial charge in [-0.3, -0.25) is 19.8 Å². The zero-order valence-corrected chi connectivity index (χ0v) is 33.6. The summed E-state index contributed by atoms with van der Waals surface area (Å²) >= 11 is 0. The topological polar surface area (TPSA) is 71.7 Å². The van der Waals surface area contributed by atoms with Crippen LogP contribution < -0.4 is 0 Å². The van der Waals surface area contributed by atoms with Crippen molar-refractivity contribution in [2.24, 2.45) is 9.98 Å². The van der Waals surface area contributed by atoms with Crippen molar-refractivity contribution in [3.63, 3.8) is 0 Å². The van der Waals surface area contributed by atoms with Crippen molar-refractivity contribution in [3.8, 4) is 11.5 Å². The average Bonchev–Trinajstić information content (AvgIpc) is 3.05. The number of rotatable bonds is 8. The molecule has 1 saturated carbocycles. The SMILES string of the molecule is CC(C)(C)c1cc(C=N[C@H]2CCCC[C@@H]2N=Cc2cc(C(C)(C)C)cc(C(C)(C)C)c2O)c(O)c(CN2CCN(Cc3ccccc3)CC2)c1.[Co]. The predicted octanol–water partition coefficient (Wildman–Crippen LogP) is 9.15. The van der Waals surface area contributed by atoms with Gasteiger partial charge in [0.2, 0.25) is 0 Å². The van der Waals surface area contributed by atoms with Crippen LogP contribution in [0.25, 0.3) is 0 Å². The summed E-state index contributed by atoms with van der Waals surface area (Å²) in [5.74, 6) is 0.655. The summed E-state index contributed by atoms with van der Waals surface area (Å²) in [6.45, 7) is 25.4. The quantitative estimate of drug-likeness (QED) is 0.226. The first kappa shape index (κ1) is 40.8. The molecule has 0 spiro atoms. The molecule has 1 aliphatic heterocycles. The number of aromatic hydroxyl groups is 2. The first-order valence-corrected chi connectivity index (χ1v) is 18.8. The first-order chi connectivity index (χ1) is 23.5. The predicted molar refractivity (Wildman–Crippen MR) is 211 cm³/mol. The van der Waals surface area contributed by atoms with E-state index < -0.39 is 0 Å². The van der Waals surface area contributed by atoms with E-state index in [9.17, 15) is 10.2 Å². The number of benzene rings is 3. The fourth-order valence-corrected chi connectivity index (χ4v) is 7.11. The van der Waals surface area contributed by atoms with Gasteiger partial charge in [-0.15, -0.1) is 0 Å². The second-order valence-corrected chi connectivity index (χ2v) is 17.8. The third-order valence-corrected chi connectivity index (χ3v) is 10.5. The summed E-state index contributed by atoms with van der Waals surface area (Å²) in [7, 11) is 0. The Morgan fingerprint density at radius 3 is 1.59 bits per heavy atom. The van der Waals surface area contributed by atoms with Crippen molar-refractivity contribution < 1.29 is 27.0 Å². The zero-order valence-electron chi connectivity index (χ0n) is 32.6. The molecule has 0 amide bonds. The summed E-state index contributed by atoms with van der Waals surface area (Å²) < 4.78 is 0. The van der Waals surface area contributed by atoms with Gasteiger partial charge in [-0.25, -0.2) is 0 Å². The van der Waals surface area contributed by atoms with Crippen LogP contribution in [0.15, 0.2) is 64.6 Å². The molecule has 6 nitrogen and oxygen atoms in total. The summed E-state index contributed by atoms with van der Waals surface area (Å²) in [6.07, 6.45) is 7.93. The number of piperazine rings is 1. The maximum Gasteiger partial charge on any atom is 0.128 e. The Morgan fingerprint density at radius 2 is 1.10 bits per heavy atom. The third kappa shape index (κ3) is 10.8. The van der Waals surface area contributed by atoms with Crippen molar-refractivity contribution >= 4 is 12.4 Å². The second-order valence-electron chi connectivity index (χ2n) is 17.8. The number of hydrogen-bond donors (Lipinski definition) is 2. The molecule has 5 rings (SSSR count). The summed E-state index contributed by atoms with van der Waals surface area (Å²) in [5, 5.41) is 23.0. The van der Waals surface area contributed by atoms with Crippen molar-refractivity contribution in [1.82, 2.24) is 9.80 Å². The van der Waals surface area contributed by atoms with E-state index in [0.29, 0.717) is 11.5 Å². The normalized spacial score (nSPS) is 19.9. The molecule has 2 fully saturated rings. The number of phenols is 2. The molecule has 1 saturated heterocycles. The minimum absolute atomic E-state index is 0. The molecule has 0 bridgehead atoms. The Bertz CT molecular complexity index is 1660. The molecule has 3 aromatic rings. The average molecular weight is 738 g/mol. The minimum atomic E-state index is -0.190. The molecular formula is C44H62CoN4O2. The van der Waals surface area contributed by atoms with E-state index in [0.717, 1.165) is 87.2 Å². The second kappa shape index (κ2) is 16.8. The van der Waals surface area contributed by atoms with E-state index in [4.69, 9.17) is 9.98 Å². The van der Waals surface area contributed by atoms with Crippen LogP contribution in [0.4, 0.5) is 0 Å². The van der Waals surface area contributed by atoms with Crippen molar-refractivity contribution in [2.45, 2.75) is 129 Å². The van der Waals surface area contributed by atoms with Crippen LogP contribution in [0.1, 0.15) is 127 Å². The summed E-state index contributed by atoms with van der Waals surface area (Å²) in [6, 6.07) is 19.3. The van der Waals surface area contributed by atoms with E-state index in [1.54, 1.807) is 0 Å². The fourth-order valence-electron chi connectivity index (χ4n) is 7.11. The van der Waals surface area contributed by atoms with E-state index in [2.05, 4.69) is 127 Å². The monoisotopic (exact) mass is 737 g/mol. The molecule has 2 aliphatic rings.